The SMILES string of the molecule is C=C(C)C[C@H](N)c1cccc(OCC)c1.Cl. The van der Waals surface area contributed by atoms with Crippen molar-refractivity contribution >= 4 is 12.4 Å². The van der Waals surface area contributed by atoms with Gasteiger partial charge >= 0.3 is 0 Å². The molecule has 2 N–H and O–H groups in total. The minimum Gasteiger partial charge on any atom is -0.494 e. The monoisotopic (exact) mass is 241 g/mol. The Morgan fingerprint density at radius 2 is 2.19 bits per heavy atom. The number of hydrogen-bond donors (Lipinski definition) is 1. The summed E-state index contributed by atoms with van der Waals surface area (Å²) in [5.41, 5.74) is 8.25. The lowest BCUT2D eigenvalue weighted by Crippen LogP contribution is -2.10. The van der Waals surface area contributed by atoms with Crippen molar-refractivity contribution < 1.29 is 4.74 Å². The van der Waals surface area contributed by atoms with E-state index in [0.717, 1.165) is 23.3 Å². The van der Waals surface area contributed by atoms with Crippen LogP contribution in [0.5, 0.6) is 5.75 Å². The summed E-state index contributed by atoms with van der Waals surface area (Å²) in [6.45, 7) is 8.51. The maximum atomic E-state index is 6.04. The average Bonchev–Trinajstić information content (AvgIpc) is 2.17. The number of nitrogens with two attached hydrogens (primary N) is 1. The Balaban J connectivity index is 0.00000225. The van der Waals surface area contributed by atoms with Crippen molar-refractivity contribution in [2.24, 2.45) is 5.73 Å². The van der Waals surface area contributed by atoms with E-state index < -0.39 is 0 Å². The first-order valence-corrected chi connectivity index (χ1v) is 5.26. The summed E-state index contributed by atoms with van der Waals surface area (Å²) in [7, 11) is 0. The molecule has 16 heavy (non-hydrogen) atoms. The zero-order valence-corrected chi connectivity index (χ0v) is 10.7. The minimum atomic E-state index is 0. The van der Waals surface area contributed by atoms with E-state index >= 15 is 0 Å². The molecule has 0 heterocycles. The Hall–Kier alpha value is -0.990. The van der Waals surface area contributed by atoms with Crippen LogP contribution in [-0.2, 0) is 0 Å². The molecule has 0 aromatic heterocycles. The van der Waals surface area contributed by atoms with Gasteiger partial charge in [-0.1, -0.05) is 17.7 Å². The number of ether oxygens (including phenoxy) is 1. The van der Waals surface area contributed by atoms with E-state index in [2.05, 4.69) is 6.58 Å². The van der Waals surface area contributed by atoms with Crippen molar-refractivity contribution in [3.63, 3.8) is 0 Å². The van der Waals surface area contributed by atoms with E-state index in [1.165, 1.54) is 0 Å². The van der Waals surface area contributed by atoms with Crippen LogP contribution in [0, 0.1) is 0 Å². The Labute approximate surface area is 104 Å². The van der Waals surface area contributed by atoms with Gasteiger partial charge in [-0.3, -0.25) is 0 Å². The maximum absolute atomic E-state index is 6.04. The molecule has 0 amide bonds. The number of rotatable bonds is 5. The van der Waals surface area contributed by atoms with Crippen molar-refractivity contribution in [2.45, 2.75) is 26.3 Å². The van der Waals surface area contributed by atoms with Crippen LogP contribution in [0.2, 0.25) is 0 Å². The fraction of sp³-hybridized carbons (Fsp3) is 0.385. The molecule has 0 saturated heterocycles. The summed E-state index contributed by atoms with van der Waals surface area (Å²) < 4.78 is 5.42. The Morgan fingerprint density at radius 1 is 1.50 bits per heavy atom. The third kappa shape index (κ3) is 4.69. The van der Waals surface area contributed by atoms with E-state index in [1.54, 1.807) is 0 Å². The average molecular weight is 242 g/mol. The molecule has 1 rings (SSSR count). The van der Waals surface area contributed by atoms with Crippen molar-refractivity contribution in [1.29, 1.82) is 0 Å². The molecule has 1 aromatic carbocycles. The summed E-state index contributed by atoms with van der Waals surface area (Å²) in [4.78, 5) is 0. The molecule has 0 aliphatic rings. The highest BCUT2D eigenvalue weighted by molar-refractivity contribution is 5.85. The molecular weight excluding hydrogens is 222 g/mol. The van der Waals surface area contributed by atoms with Crippen LogP contribution in [0.15, 0.2) is 36.4 Å². The van der Waals surface area contributed by atoms with Crippen LogP contribution in [0.1, 0.15) is 31.9 Å². The molecule has 3 heteroatoms. The second-order valence-electron chi connectivity index (χ2n) is 3.77. The summed E-state index contributed by atoms with van der Waals surface area (Å²) in [5.74, 6) is 0.882. The molecular formula is C13H20ClNO. The highest BCUT2D eigenvalue weighted by atomic mass is 35.5. The van der Waals surface area contributed by atoms with Gasteiger partial charge in [-0.15, -0.1) is 19.0 Å². The molecule has 0 aliphatic heterocycles. The minimum absolute atomic E-state index is 0. The normalized spacial score (nSPS) is 11.4. The summed E-state index contributed by atoms with van der Waals surface area (Å²) in [6.07, 6.45) is 0.815. The predicted molar refractivity (Wildman–Crippen MR) is 71.2 cm³/mol. The van der Waals surface area contributed by atoms with Crippen LogP contribution in [0.25, 0.3) is 0 Å². The molecule has 90 valence electrons. The standard InChI is InChI=1S/C13H19NO.ClH/c1-4-15-12-7-5-6-11(9-12)13(14)8-10(2)3;/h5-7,9,13H,2,4,8,14H2,1,3H3;1H/t13-;/m0./s1. The zero-order chi connectivity index (χ0) is 11.3. The Kier molecular flexibility index (Phi) is 6.86. The van der Waals surface area contributed by atoms with Gasteiger partial charge in [0.1, 0.15) is 5.75 Å². The Bertz CT molecular complexity index is 338. The highest BCUT2D eigenvalue weighted by Gasteiger charge is 2.06. The van der Waals surface area contributed by atoms with Gasteiger partial charge in [-0.2, -0.15) is 0 Å². The van der Waals surface area contributed by atoms with Crippen molar-refractivity contribution in [1.82, 2.24) is 0 Å². The van der Waals surface area contributed by atoms with E-state index in [0.29, 0.717) is 6.61 Å². The first-order valence-electron chi connectivity index (χ1n) is 5.26. The van der Waals surface area contributed by atoms with E-state index in [-0.39, 0.29) is 18.4 Å². The molecule has 0 radical (unpaired) electrons. The van der Waals surface area contributed by atoms with Gasteiger partial charge in [0.05, 0.1) is 6.61 Å². The fourth-order valence-electron chi connectivity index (χ4n) is 1.49. The van der Waals surface area contributed by atoms with Crippen LogP contribution in [0.4, 0.5) is 0 Å². The zero-order valence-electron chi connectivity index (χ0n) is 9.90. The molecule has 0 unspecified atom stereocenters. The second-order valence-corrected chi connectivity index (χ2v) is 3.77. The maximum Gasteiger partial charge on any atom is 0.119 e. The summed E-state index contributed by atoms with van der Waals surface area (Å²) in [5, 5.41) is 0. The number of hydrogen-bond acceptors (Lipinski definition) is 2. The van der Waals surface area contributed by atoms with Crippen molar-refractivity contribution in [3.05, 3.63) is 42.0 Å². The molecule has 0 aliphatic carbocycles. The van der Waals surface area contributed by atoms with Gasteiger partial charge in [-0.05, 0) is 38.0 Å². The molecule has 0 fully saturated rings. The third-order valence-corrected chi connectivity index (χ3v) is 2.17. The second kappa shape index (κ2) is 7.31. The number of halogens is 1. The smallest absolute Gasteiger partial charge is 0.119 e. The lowest BCUT2D eigenvalue weighted by molar-refractivity contribution is 0.339. The molecule has 0 saturated carbocycles. The first kappa shape index (κ1) is 15.0. The van der Waals surface area contributed by atoms with E-state index in [1.807, 2.05) is 38.1 Å². The molecule has 2 nitrogen and oxygen atoms in total. The van der Waals surface area contributed by atoms with E-state index in [9.17, 15) is 0 Å². The van der Waals surface area contributed by atoms with Gasteiger partial charge < -0.3 is 10.5 Å². The predicted octanol–water partition coefficient (Wildman–Crippen LogP) is 3.47. The van der Waals surface area contributed by atoms with Crippen LogP contribution >= 0.6 is 12.4 Å². The molecule has 0 bridgehead atoms. The third-order valence-electron chi connectivity index (χ3n) is 2.17. The lowest BCUT2D eigenvalue weighted by atomic mass is 10.0. The topological polar surface area (TPSA) is 35.2 Å². The molecule has 1 atom stereocenters. The fourth-order valence-corrected chi connectivity index (χ4v) is 1.49. The van der Waals surface area contributed by atoms with Gasteiger partial charge in [0, 0.05) is 6.04 Å². The highest BCUT2D eigenvalue weighted by Crippen LogP contribution is 2.21. The molecule has 0 spiro atoms. The van der Waals surface area contributed by atoms with Gasteiger partial charge in [0.15, 0.2) is 0 Å². The van der Waals surface area contributed by atoms with Crippen molar-refractivity contribution in [3.8, 4) is 5.75 Å². The lowest BCUT2D eigenvalue weighted by Gasteiger charge is -2.13. The van der Waals surface area contributed by atoms with Crippen molar-refractivity contribution in [2.75, 3.05) is 6.61 Å². The molecule has 1 aromatic rings. The largest absolute Gasteiger partial charge is 0.494 e. The van der Waals surface area contributed by atoms with Gasteiger partial charge in [0.2, 0.25) is 0 Å². The van der Waals surface area contributed by atoms with Gasteiger partial charge in [-0.25, -0.2) is 0 Å². The summed E-state index contributed by atoms with van der Waals surface area (Å²) >= 11 is 0. The van der Waals surface area contributed by atoms with Crippen LogP contribution in [-0.4, -0.2) is 6.61 Å². The Morgan fingerprint density at radius 3 is 2.75 bits per heavy atom. The quantitative estimate of drug-likeness (QED) is 0.802. The van der Waals surface area contributed by atoms with E-state index in [4.69, 9.17) is 10.5 Å². The first-order chi connectivity index (χ1) is 7.13. The summed E-state index contributed by atoms with van der Waals surface area (Å²) in [6, 6.07) is 7.95. The van der Waals surface area contributed by atoms with Crippen LogP contribution in [0.3, 0.4) is 0 Å². The number of benzene rings is 1. The van der Waals surface area contributed by atoms with Crippen LogP contribution < -0.4 is 10.5 Å². The van der Waals surface area contributed by atoms with Gasteiger partial charge in [0.25, 0.3) is 0 Å².